The first-order chi connectivity index (χ1) is 11.0. The number of likely N-dealkylation sites (N-methyl/N-ethyl adjacent to an activating group) is 1. The van der Waals surface area contributed by atoms with Crippen molar-refractivity contribution < 1.29 is 9.90 Å². The van der Waals surface area contributed by atoms with E-state index in [0.717, 1.165) is 26.2 Å². The number of halogens is 1. The van der Waals surface area contributed by atoms with E-state index in [9.17, 15) is 9.90 Å². The minimum atomic E-state index is -0.813. The van der Waals surface area contributed by atoms with Gasteiger partial charge in [0.05, 0.1) is 22.7 Å². The van der Waals surface area contributed by atoms with E-state index in [1.165, 1.54) is 0 Å². The summed E-state index contributed by atoms with van der Waals surface area (Å²) >= 11 is 6.12. The van der Waals surface area contributed by atoms with E-state index >= 15 is 0 Å². The number of nitrogens with zero attached hydrogens (tertiary/aromatic N) is 3. The Morgan fingerprint density at radius 3 is 2.61 bits per heavy atom. The summed E-state index contributed by atoms with van der Waals surface area (Å²) in [4.78, 5) is 18.9. The van der Waals surface area contributed by atoms with Gasteiger partial charge >= 0.3 is 0 Å². The lowest BCUT2D eigenvalue weighted by Crippen LogP contribution is -2.52. The molecular formula is C17H24ClN3O2. The molecule has 23 heavy (non-hydrogen) atoms. The molecule has 1 N–H and O–H groups in total. The van der Waals surface area contributed by atoms with Crippen molar-refractivity contribution in [3.05, 3.63) is 34.9 Å². The number of benzene rings is 1. The van der Waals surface area contributed by atoms with Crippen molar-refractivity contribution in [3.8, 4) is 0 Å². The number of hydrogen-bond donors (Lipinski definition) is 1. The van der Waals surface area contributed by atoms with Crippen LogP contribution in [0, 0.1) is 0 Å². The Balaban J connectivity index is 1.61. The van der Waals surface area contributed by atoms with Crippen LogP contribution in [0.15, 0.2) is 24.3 Å². The molecule has 1 aromatic carbocycles. The van der Waals surface area contributed by atoms with Crippen molar-refractivity contribution in [3.63, 3.8) is 0 Å². The number of carbonyl (C=O) groups is 1. The molecule has 1 aromatic rings. The van der Waals surface area contributed by atoms with Crippen LogP contribution in [0.5, 0.6) is 0 Å². The second-order valence-electron chi connectivity index (χ2n) is 6.76. The number of piperazine rings is 1. The van der Waals surface area contributed by atoms with Gasteiger partial charge in [-0.2, -0.15) is 0 Å². The quantitative estimate of drug-likeness (QED) is 0.899. The van der Waals surface area contributed by atoms with Crippen molar-refractivity contribution in [2.45, 2.75) is 12.0 Å². The molecule has 1 amide bonds. The third kappa shape index (κ3) is 3.86. The summed E-state index contributed by atoms with van der Waals surface area (Å²) in [6, 6.07) is 7.09. The first kappa shape index (κ1) is 16.7. The van der Waals surface area contributed by atoms with Crippen LogP contribution < -0.4 is 0 Å². The smallest absolute Gasteiger partial charge is 0.255 e. The molecule has 0 spiro atoms. The fourth-order valence-electron chi connectivity index (χ4n) is 3.39. The Morgan fingerprint density at radius 1 is 1.22 bits per heavy atom. The second kappa shape index (κ2) is 6.77. The predicted octanol–water partition coefficient (Wildman–Crippen LogP) is 1.16. The largest absolute Gasteiger partial charge is 0.387 e. The van der Waals surface area contributed by atoms with Crippen molar-refractivity contribution in [1.82, 2.24) is 14.7 Å². The van der Waals surface area contributed by atoms with Crippen LogP contribution >= 0.6 is 11.6 Å². The third-order valence-electron chi connectivity index (χ3n) is 4.84. The molecular weight excluding hydrogens is 314 g/mol. The van der Waals surface area contributed by atoms with E-state index in [4.69, 9.17) is 11.6 Å². The number of rotatable bonds is 3. The summed E-state index contributed by atoms with van der Waals surface area (Å²) in [7, 11) is 2.12. The fraction of sp³-hybridized carbons (Fsp3) is 0.588. The number of likely N-dealkylation sites (tertiary alicyclic amines) is 1. The zero-order chi connectivity index (χ0) is 16.4. The van der Waals surface area contributed by atoms with E-state index in [-0.39, 0.29) is 5.91 Å². The number of carbonyl (C=O) groups excluding carboxylic acids is 1. The van der Waals surface area contributed by atoms with Gasteiger partial charge in [0.25, 0.3) is 5.91 Å². The standard InChI is InChI=1S/C17H24ClN3O2/c1-19-8-10-20(11-9-19)12-17(23)6-7-21(13-17)16(22)14-4-2-3-5-15(14)18/h2-5,23H,6-13H2,1H3/t17-/m1/s1. The SMILES string of the molecule is CN1CCN(C[C@]2(O)CCN(C(=O)c3ccccc3Cl)C2)CC1. The van der Waals surface area contributed by atoms with Crippen LogP contribution in [-0.2, 0) is 0 Å². The van der Waals surface area contributed by atoms with Gasteiger partial charge in [-0.15, -0.1) is 0 Å². The van der Waals surface area contributed by atoms with Crippen LogP contribution in [0.25, 0.3) is 0 Å². The summed E-state index contributed by atoms with van der Waals surface area (Å²) in [6.45, 7) is 5.58. The summed E-state index contributed by atoms with van der Waals surface area (Å²) in [6.07, 6.45) is 0.621. The molecule has 2 aliphatic heterocycles. The highest BCUT2D eigenvalue weighted by Gasteiger charge is 2.40. The molecule has 3 rings (SSSR count). The Kier molecular flexibility index (Phi) is 4.92. The minimum Gasteiger partial charge on any atom is -0.387 e. The van der Waals surface area contributed by atoms with Gasteiger partial charge in [0.2, 0.25) is 0 Å². The van der Waals surface area contributed by atoms with Gasteiger partial charge in [0, 0.05) is 39.3 Å². The maximum Gasteiger partial charge on any atom is 0.255 e. The van der Waals surface area contributed by atoms with Crippen molar-refractivity contribution in [2.24, 2.45) is 0 Å². The highest BCUT2D eigenvalue weighted by atomic mass is 35.5. The van der Waals surface area contributed by atoms with E-state index in [1.807, 2.05) is 12.1 Å². The number of hydrogen-bond acceptors (Lipinski definition) is 4. The van der Waals surface area contributed by atoms with E-state index in [0.29, 0.717) is 36.6 Å². The molecule has 1 atom stereocenters. The third-order valence-corrected chi connectivity index (χ3v) is 5.17. The topological polar surface area (TPSA) is 47.0 Å². The van der Waals surface area contributed by atoms with Gasteiger partial charge in [0.15, 0.2) is 0 Å². The normalized spacial score (nSPS) is 26.7. The molecule has 2 aliphatic rings. The molecule has 5 nitrogen and oxygen atoms in total. The predicted molar refractivity (Wildman–Crippen MR) is 90.9 cm³/mol. The van der Waals surface area contributed by atoms with Crippen molar-refractivity contribution in [1.29, 1.82) is 0 Å². The average Bonchev–Trinajstić information content (AvgIpc) is 2.92. The van der Waals surface area contributed by atoms with Gasteiger partial charge < -0.3 is 14.9 Å². The Morgan fingerprint density at radius 2 is 1.91 bits per heavy atom. The van der Waals surface area contributed by atoms with Gasteiger partial charge in [-0.3, -0.25) is 9.69 Å². The summed E-state index contributed by atoms with van der Waals surface area (Å²) in [5.74, 6) is -0.0927. The average molecular weight is 338 g/mol. The number of amides is 1. The molecule has 0 unspecified atom stereocenters. The van der Waals surface area contributed by atoms with Crippen LogP contribution in [0.4, 0.5) is 0 Å². The van der Waals surface area contributed by atoms with Crippen LogP contribution in [0.3, 0.4) is 0 Å². The Labute approximate surface area is 142 Å². The lowest BCUT2D eigenvalue weighted by Gasteiger charge is -2.36. The fourth-order valence-corrected chi connectivity index (χ4v) is 3.60. The number of β-amino-alcohol motifs (C(OH)–C–C–N with tert-alkyl or cyclic N) is 1. The monoisotopic (exact) mass is 337 g/mol. The van der Waals surface area contributed by atoms with Gasteiger partial charge in [-0.05, 0) is 25.6 Å². The lowest BCUT2D eigenvalue weighted by atomic mass is 10.0. The molecule has 0 saturated carbocycles. The molecule has 2 fully saturated rings. The zero-order valence-corrected chi connectivity index (χ0v) is 14.3. The maximum atomic E-state index is 12.6. The minimum absolute atomic E-state index is 0.0927. The van der Waals surface area contributed by atoms with Gasteiger partial charge in [-0.25, -0.2) is 0 Å². The van der Waals surface area contributed by atoms with Crippen LogP contribution in [-0.4, -0.2) is 84.2 Å². The molecule has 0 aromatic heterocycles. The Bertz CT molecular complexity index is 575. The second-order valence-corrected chi connectivity index (χ2v) is 7.17. The molecule has 6 heteroatoms. The molecule has 2 saturated heterocycles. The lowest BCUT2D eigenvalue weighted by molar-refractivity contribution is 0.000526. The highest BCUT2D eigenvalue weighted by molar-refractivity contribution is 6.33. The molecule has 2 heterocycles. The highest BCUT2D eigenvalue weighted by Crippen LogP contribution is 2.26. The molecule has 0 bridgehead atoms. The molecule has 0 radical (unpaired) electrons. The van der Waals surface area contributed by atoms with E-state index in [2.05, 4.69) is 16.8 Å². The summed E-state index contributed by atoms with van der Waals surface area (Å²) < 4.78 is 0. The first-order valence-electron chi connectivity index (χ1n) is 8.14. The van der Waals surface area contributed by atoms with Crippen molar-refractivity contribution in [2.75, 3.05) is 52.9 Å². The number of aliphatic hydroxyl groups is 1. The van der Waals surface area contributed by atoms with Gasteiger partial charge in [0.1, 0.15) is 0 Å². The summed E-state index contributed by atoms with van der Waals surface area (Å²) in [5, 5.41) is 11.3. The molecule has 0 aliphatic carbocycles. The molecule has 126 valence electrons. The summed E-state index contributed by atoms with van der Waals surface area (Å²) in [5.41, 5.74) is -0.301. The zero-order valence-electron chi connectivity index (χ0n) is 13.5. The van der Waals surface area contributed by atoms with Gasteiger partial charge in [-0.1, -0.05) is 23.7 Å². The van der Waals surface area contributed by atoms with E-state index in [1.54, 1.807) is 17.0 Å². The van der Waals surface area contributed by atoms with Crippen LogP contribution in [0.1, 0.15) is 16.8 Å². The van der Waals surface area contributed by atoms with Crippen molar-refractivity contribution >= 4 is 17.5 Å². The maximum absolute atomic E-state index is 12.6. The first-order valence-corrected chi connectivity index (χ1v) is 8.52. The van der Waals surface area contributed by atoms with E-state index < -0.39 is 5.60 Å². The van der Waals surface area contributed by atoms with Crippen LogP contribution in [0.2, 0.25) is 5.02 Å². The Hall–Kier alpha value is -1.14.